The molecule has 0 fully saturated rings. The monoisotopic (exact) mass is 115 g/mol. The van der Waals surface area contributed by atoms with E-state index < -0.39 is 0 Å². The molecular weight excluding hydrogens is 110 g/mol. The highest BCUT2D eigenvalue weighted by atomic mass is 16.5. The van der Waals surface area contributed by atoms with E-state index in [0.717, 1.165) is 5.12 Å². The molecule has 0 amide bonds. The fraction of sp³-hybridized carbons (Fsp3) is 0. The molecule has 0 saturated carbocycles. The molecule has 6 nitrogen and oxygen atoms in total. The van der Waals surface area contributed by atoms with Crippen LogP contribution in [-0.4, -0.2) is 15.5 Å². The van der Waals surface area contributed by atoms with Gasteiger partial charge in [-0.15, -0.1) is 5.17 Å². The van der Waals surface area contributed by atoms with Crippen LogP contribution in [0.2, 0.25) is 0 Å². The molecule has 8 heavy (non-hydrogen) atoms. The lowest BCUT2D eigenvalue weighted by atomic mass is 10.9. The van der Waals surface area contributed by atoms with Gasteiger partial charge in [0, 0.05) is 0 Å². The van der Waals surface area contributed by atoms with E-state index in [0.29, 0.717) is 5.17 Å². The van der Waals surface area contributed by atoms with Crippen molar-refractivity contribution >= 4 is 0 Å². The van der Waals surface area contributed by atoms with E-state index in [1.54, 1.807) is 0 Å². The Morgan fingerprint density at radius 2 is 2.12 bits per heavy atom. The van der Waals surface area contributed by atoms with Crippen LogP contribution in [-0.2, 0) is 0 Å². The Kier molecular flexibility index (Phi) is 1.10. The molecule has 0 bridgehead atoms. The summed E-state index contributed by atoms with van der Waals surface area (Å²) < 4.78 is 0. The molecule has 0 atom stereocenters. The van der Waals surface area contributed by atoms with E-state index in [1.165, 1.54) is 12.4 Å². The van der Waals surface area contributed by atoms with Crippen LogP contribution in [0.3, 0.4) is 0 Å². The van der Waals surface area contributed by atoms with Gasteiger partial charge in [0.1, 0.15) is 0 Å². The zero-order valence-electron chi connectivity index (χ0n) is 3.97. The molecule has 0 saturated heterocycles. The predicted molar refractivity (Wildman–Crippen MR) is 23.6 cm³/mol. The van der Waals surface area contributed by atoms with Crippen molar-refractivity contribution in [2.24, 2.45) is 16.3 Å². The second kappa shape index (κ2) is 1.76. The molecule has 0 radical (unpaired) electrons. The first-order valence-electron chi connectivity index (χ1n) is 1.91. The highest BCUT2D eigenvalue weighted by molar-refractivity contribution is 4.74. The van der Waals surface area contributed by atoms with E-state index in [2.05, 4.69) is 10.4 Å². The van der Waals surface area contributed by atoms with Crippen LogP contribution >= 0.6 is 0 Å². The van der Waals surface area contributed by atoms with Crippen LogP contribution in [0.1, 0.15) is 0 Å². The van der Waals surface area contributed by atoms with Gasteiger partial charge in [-0.1, -0.05) is 0 Å². The van der Waals surface area contributed by atoms with Gasteiger partial charge in [-0.25, -0.2) is 5.84 Å². The van der Waals surface area contributed by atoms with Crippen molar-refractivity contribution in [2.45, 2.75) is 0 Å². The van der Waals surface area contributed by atoms with Crippen LogP contribution in [0, 0.1) is 0 Å². The summed E-state index contributed by atoms with van der Waals surface area (Å²) in [6, 6.07) is 0. The topological polar surface area (TPSA) is 77.5 Å². The molecule has 1 heterocycles. The van der Waals surface area contributed by atoms with Crippen molar-refractivity contribution in [2.75, 3.05) is 0 Å². The summed E-state index contributed by atoms with van der Waals surface area (Å²) >= 11 is 0. The van der Waals surface area contributed by atoms with Crippen LogP contribution in [0.4, 0.5) is 0 Å². The summed E-state index contributed by atoms with van der Waals surface area (Å²) in [5, 5.41) is 16.3. The Morgan fingerprint density at radius 3 is 2.50 bits per heavy atom. The minimum absolute atomic E-state index is 0.559. The first-order chi connectivity index (χ1) is 3.79. The number of nitrogens with zero attached hydrogens (tertiary/aromatic N) is 4. The van der Waals surface area contributed by atoms with Crippen molar-refractivity contribution in [3.05, 3.63) is 12.4 Å². The van der Waals surface area contributed by atoms with Crippen LogP contribution in [0.5, 0.6) is 0 Å². The summed E-state index contributed by atoms with van der Waals surface area (Å²) in [5.41, 5.74) is 0. The zero-order chi connectivity index (χ0) is 5.98. The molecular formula is C2H5N5O. The lowest BCUT2D eigenvalue weighted by Crippen LogP contribution is -2.22. The smallest absolute Gasteiger partial charge is 0.0753 e. The molecule has 0 spiro atoms. The van der Waals surface area contributed by atoms with Gasteiger partial charge in [-0.3, -0.25) is 5.21 Å². The summed E-state index contributed by atoms with van der Waals surface area (Å²) in [6.45, 7) is 0. The maximum absolute atomic E-state index is 8.43. The third-order valence-electron chi connectivity index (χ3n) is 0.588. The first kappa shape index (κ1) is 5.01. The fourth-order valence-electron chi connectivity index (χ4n) is 0.275. The molecule has 44 valence electrons. The maximum Gasteiger partial charge on any atom is 0.0753 e. The Labute approximate surface area is 45.4 Å². The van der Waals surface area contributed by atoms with Crippen LogP contribution in [0.25, 0.3) is 0 Å². The van der Waals surface area contributed by atoms with Gasteiger partial charge in [0.25, 0.3) is 0 Å². The standard InChI is InChI=1S/C2H5N5O/c3-6-1-2-7(8)5-4-6/h1-2,8H,3H2. The van der Waals surface area contributed by atoms with E-state index >= 15 is 0 Å². The molecule has 0 aliphatic carbocycles. The number of hydrogen-bond acceptors (Lipinski definition) is 6. The van der Waals surface area contributed by atoms with Crippen molar-refractivity contribution in [1.82, 2.24) is 10.3 Å². The number of hydroxylamine groups is 1. The Bertz CT molecular complexity index is 102. The van der Waals surface area contributed by atoms with Crippen molar-refractivity contribution in [3.63, 3.8) is 0 Å². The van der Waals surface area contributed by atoms with E-state index in [1.807, 2.05) is 0 Å². The quantitative estimate of drug-likeness (QED) is 0.422. The zero-order valence-corrected chi connectivity index (χ0v) is 3.97. The third-order valence-corrected chi connectivity index (χ3v) is 0.588. The van der Waals surface area contributed by atoms with Gasteiger partial charge in [0.05, 0.1) is 12.4 Å². The van der Waals surface area contributed by atoms with Gasteiger partial charge >= 0.3 is 0 Å². The Morgan fingerprint density at radius 1 is 1.38 bits per heavy atom. The van der Waals surface area contributed by atoms with Gasteiger partial charge < -0.3 is 0 Å². The SMILES string of the molecule is NN1C=CN(O)N=N1. The summed E-state index contributed by atoms with van der Waals surface area (Å²) in [4.78, 5) is 0. The minimum Gasteiger partial charge on any atom is -0.266 e. The Hall–Kier alpha value is -1.14. The molecule has 0 aromatic rings. The largest absolute Gasteiger partial charge is 0.266 e. The molecule has 1 rings (SSSR count). The second-order valence-corrected chi connectivity index (χ2v) is 1.18. The third kappa shape index (κ3) is 0.922. The van der Waals surface area contributed by atoms with E-state index in [9.17, 15) is 0 Å². The normalized spacial score (nSPS) is 17.8. The van der Waals surface area contributed by atoms with Crippen LogP contribution in [0.15, 0.2) is 22.8 Å². The van der Waals surface area contributed by atoms with Crippen LogP contribution < -0.4 is 5.84 Å². The molecule has 0 aromatic carbocycles. The van der Waals surface area contributed by atoms with Gasteiger partial charge in [0.15, 0.2) is 0 Å². The molecule has 6 heteroatoms. The van der Waals surface area contributed by atoms with Gasteiger partial charge in [-0.2, -0.15) is 5.12 Å². The molecule has 1 aliphatic rings. The highest BCUT2D eigenvalue weighted by Crippen LogP contribution is 1.95. The summed E-state index contributed by atoms with van der Waals surface area (Å²) in [7, 11) is 0. The van der Waals surface area contributed by atoms with Gasteiger partial charge in [-0.05, 0) is 10.4 Å². The van der Waals surface area contributed by atoms with Crippen molar-refractivity contribution in [3.8, 4) is 0 Å². The van der Waals surface area contributed by atoms with Crippen molar-refractivity contribution in [1.29, 1.82) is 0 Å². The number of hydrazine groups is 1. The molecule has 0 aromatic heterocycles. The second-order valence-electron chi connectivity index (χ2n) is 1.18. The number of hydrogen-bond donors (Lipinski definition) is 2. The lowest BCUT2D eigenvalue weighted by Gasteiger charge is -2.10. The van der Waals surface area contributed by atoms with Gasteiger partial charge in [0.2, 0.25) is 0 Å². The number of rotatable bonds is 0. The fourth-order valence-corrected chi connectivity index (χ4v) is 0.275. The molecule has 0 unspecified atom stereocenters. The van der Waals surface area contributed by atoms with E-state index in [4.69, 9.17) is 11.0 Å². The minimum atomic E-state index is 0.559. The molecule has 1 aliphatic heterocycles. The number of nitrogens with two attached hydrogens (primary N) is 1. The lowest BCUT2D eigenvalue weighted by molar-refractivity contribution is -0.0613. The average molecular weight is 115 g/mol. The molecule has 3 N–H and O–H groups in total. The highest BCUT2D eigenvalue weighted by Gasteiger charge is 1.95. The summed E-state index contributed by atoms with van der Waals surface area (Å²) in [5.74, 6) is 5.05. The Balaban J connectivity index is 2.54. The average Bonchev–Trinajstić information content (AvgIpc) is 1.77. The van der Waals surface area contributed by atoms with E-state index in [-0.39, 0.29) is 0 Å². The maximum atomic E-state index is 8.43. The predicted octanol–water partition coefficient (Wildman–Crippen LogP) is -0.380. The first-order valence-corrected chi connectivity index (χ1v) is 1.91. The van der Waals surface area contributed by atoms with Crippen molar-refractivity contribution < 1.29 is 5.21 Å². The summed E-state index contributed by atoms with van der Waals surface area (Å²) in [6.07, 6.45) is 2.61.